The Morgan fingerprint density at radius 1 is 1.13 bits per heavy atom. The van der Waals surface area contributed by atoms with Crippen LogP contribution in [0.25, 0.3) is 0 Å². The fourth-order valence-electron chi connectivity index (χ4n) is 2.19. The van der Waals surface area contributed by atoms with E-state index in [1.807, 2.05) is 0 Å². The molecule has 0 radical (unpaired) electrons. The van der Waals surface area contributed by atoms with E-state index in [0.29, 0.717) is 12.1 Å². The molecule has 0 aromatic heterocycles. The molecular weight excluding hydrogens is 252 g/mol. The number of piperazine rings is 1. The highest BCUT2D eigenvalue weighted by Gasteiger charge is 2.20. The minimum Gasteiger partial charge on any atom is -0.368 e. The first kappa shape index (κ1) is 11.0. The van der Waals surface area contributed by atoms with E-state index in [-0.39, 0.29) is 0 Å². The maximum atomic E-state index is 3.54. The van der Waals surface area contributed by atoms with Gasteiger partial charge in [0.1, 0.15) is 0 Å². The van der Waals surface area contributed by atoms with Crippen molar-refractivity contribution in [1.82, 2.24) is 5.32 Å². The summed E-state index contributed by atoms with van der Waals surface area (Å²) in [5, 5.41) is 3.54. The lowest BCUT2D eigenvalue weighted by molar-refractivity contribution is 0.407. The van der Waals surface area contributed by atoms with E-state index < -0.39 is 0 Å². The van der Waals surface area contributed by atoms with E-state index in [0.717, 1.165) is 17.6 Å². The summed E-state index contributed by atoms with van der Waals surface area (Å²) in [7, 11) is 0. The highest BCUT2D eigenvalue weighted by atomic mass is 79.9. The summed E-state index contributed by atoms with van der Waals surface area (Å²) in [4.78, 5) is 2.44. The first-order chi connectivity index (χ1) is 7.15. The predicted molar refractivity (Wildman–Crippen MR) is 68.4 cm³/mol. The van der Waals surface area contributed by atoms with Crippen LogP contribution in [0.15, 0.2) is 28.7 Å². The number of anilines is 1. The van der Waals surface area contributed by atoms with Crippen LogP contribution in [0.2, 0.25) is 0 Å². The minimum absolute atomic E-state index is 0.567. The lowest BCUT2D eigenvalue weighted by Gasteiger charge is -2.37. The van der Waals surface area contributed by atoms with Gasteiger partial charge >= 0.3 is 0 Å². The van der Waals surface area contributed by atoms with Crippen LogP contribution < -0.4 is 10.2 Å². The van der Waals surface area contributed by atoms with Crippen molar-refractivity contribution in [3.63, 3.8) is 0 Å². The van der Waals surface area contributed by atoms with Crippen molar-refractivity contribution < 1.29 is 0 Å². The molecule has 1 N–H and O–H groups in total. The van der Waals surface area contributed by atoms with Crippen molar-refractivity contribution >= 4 is 21.6 Å². The molecule has 1 fully saturated rings. The van der Waals surface area contributed by atoms with Crippen molar-refractivity contribution in [3.05, 3.63) is 28.7 Å². The minimum atomic E-state index is 0.567. The van der Waals surface area contributed by atoms with E-state index in [9.17, 15) is 0 Å². The summed E-state index contributed by atoms with van der Waals surface area (Å²) in [5.41, 5.74) is 1.32. The quantitative estimate of drug-likeness (QED) is 0.843. The van der Waals surface area contributed by atoms with Crippen LogP contribution in [0, 0.1) is 0 Å². The van der Waals surface area contributed by atoms with Crippen LogP contribution in [0.4, 0.5) is 5.69 Å². The number of rotatable bonds is 1. The van der Waals surface area contributed by atoms with E-state index in [1.165, 1.54) is 5.69 Å². The molecule has 2 unspecified atom stereocenters. The zero-order valence-corrected chi connectivity index (χ0v) is 10.8. The number of halogens is 1. The molecule has 1 aromatic carbocycles. The van der Waals surface area contributed by atoms with Gasteiger partial charge in [0, 0.05) is 35.3 Å². The monoisotopic (exact) mass is 268 g/mol. The van der Waals surface area contributed by atoms with Crippen molar-refractivity contribution in [3.8, 4) is 0 Å². The first-order valence-corrected chi connectivity index (χ1v) is 6.21. The molecule has 3 heteroatoms. The Hall–Kier alpha value is -0.540. The zero-order chi connectivity index (χ0) is 10.8. The van der Waals surface area contributed by atoms with E-state index in [2.05, 4.69) is 64.3 Å². The fraction of sp³-hybridized carbons (Fsp3) is 0.500. The second kappa shape index (κ2) is 4.54. The van der Waals surface area contributed by atoms with Crippen molar-refractivity contribution in [2.24, 2.45) is 0 Å². The van der Waals surface area contributed by atoms with E-state index in [4.69, 9.17) is 0 Å². The Bertz CT molecular complexity index is 313. The topological polar surface area (TPSA) is 15.3 Å². The highest BCUT2D eigenvalue weighted by Crippen LogP contribution is 2.20. The summed E-state index contributed by atoms with van der Waals surface area (Å²) in [6, 6.07) is 9.69. The first-order valence-electron chi connectivity index (χ1n) is 5.41. The molecule has 15 heavy (non-hydrogen) atoms. The maximum Gasteiger partial charge on any atom is 0.0368 e. The van der Waals surface area contributed by atoms with E-state index >= 15 is 0 Å². The second-order valence-corrected chi connectivity index (χ2v) is 5.27. The predicted octanol–water partition coefficient (Wildman–Crippen LogP) is 2.64. The lowest BCUT2D eigenvalue weighted by Crippen LogP contribution is -2.54. The van der Waals surface area contributed by atoms with Crippen LogP contribution in [0.1, 0.15) is 13.8 Å². The molecular formula is C12H17BrN2. The third kappa shape index (κ3) is 2.73. The van der Waals surface area contributed by atoms with Gasteiger partial charge in [-0.3, -0.25) is 0 Å². The SMILES string of the molecule is CC1CN(c2ccc(Br)cc2)CC(C)N1. The average Bonchev–Trinajstić information content (AvgIpc) is 2.17. The summed E-state index contributed by atoms with van der Waals surface area (Å²) in [6.45, 7) is 6.65. The maximum absolute atomic E-state index is 3.54. The van der Waals surface area contributed by atoms with Crippen LogP contribution in [0.5, 0.6) is 0 Å². The Kier molecular flexibility index (Phi) is 3.32. The van der Waals surface area contributed by atoms with Gasteiger partial charge in [-0.1, -0.05) is 15.9 Å². The van der Waals surface area contributed by atoms with Crippen molar-refractivity contribution in [1.29, 1.82) is 0 Å². The molecule has 1 aromatic rings. The molecule has 0 amide bonds. The molecule has 2 rings (SSSR count). The second-order valence-electron chi connectivity index (χ2n) is 4.35. The third-order valence-corrected chi connectivity index (χ3v) is 3.28. The number of nitrogens with zero attached hydrogens (tertiary/aromatic N) is 1. The number of benzene rings is 1. The largest absolute Gasteiger partial charge is 0.368 e. The molecule has 1 heterocycles. The van der Waals surface area contributed by atoms with Gasteiger partial charge < -0.3 is 10.2 Å². The van der Waals surface area contributed by atoms with Crippen LogP contribution in [-0.4, -0.2) is 25.2 Å². The summed E-state index contributed by atoms with van der Waals surface area (Å²) in [6.07, 6.45) is 0. The molecule has 0 aliphatic carbocycles. The Morgan fingerprint density at radius 3 is 2.20 bits per heavy atom. The van der Waals surface area contributed by atoms with Gasteiger partial charge in [0.2, 0.25) is 0 Å². The number of nitrogens with one attached hydrogen (secondary N) is 1. The Labute approximate surface area is 99.8 Å². The number of hydrogen-bond acceptors (Lipinski definition) is 2. The van der Waals surface area contributed by atoms with Crippen molar-refractivity contribution in [2.45, 2.75) is 25.9 Å². The molecule has 1 aliphatic heterocycles. The van der Waals surface area contributed by atoms with Gasteiger partial charge in [-0.25, -0.2) is 0 Å². The average molecular weight is 269 g/mol. The molecule has 0 spiro atoms. The molecule has 2 nitrogen and oxygen atoms in total. The Balaban J connectivity index is 2.12. The number of hydrogen-bond donors (Lipinski definition) is 1. The van der Waals surface area contributed by atoms with Gasteiger partial charge in [-0.15, -0.1) is 0 Å². The molecule has 82 valence electrons. The van der Waals surface area contributed by atoms with Gasteiger partial charge in [0.25, 0.3) is 0 Å². The van der Waals surface area contributed by atoms with Gasteiger partial charge in [0.15, 0.2) is 0 Å². The smallest absolute Gasteiger partial charge is 0.0368 e. The van der Waals surface area contributed by atoms with Crippen LogP contribution in [0.3, 0.4) is 0 Å². The molecule has 2 atom stereocenters. The molecule has 1 aliphatic rings. The summed E-state index contributed by atoms with van der Waals surface area (Å²) in [5.74, 6) is 0. The van der Waals surface area contributed by atoms with Gasteiger partial charge in [-0.05, 0) is 38.1 Å². The van der Waals surface area contributed by atoms with Gasteiger partial charge in [-0.2, -0.15) is 0 Å². The third-order valence-electron chi connectivity index (χ3n) is 2.75. The van der Waals surface area contributed by atoms with Crippen LogP contribution >= 0.6 is 15.9 Å². The Morgan fingerprint density at radius 2 is 1.67 bits per heavy atom. The molecule has 0 saturated carbocycles. The normalized spacial score (nSPS) is 26.7. The van der Waals surface area contributed by atoms with Crippen LogP contribution in [-0.2, 0) is 0 Å². The summed E-state index contributed by atoms with van der Waals surface area (Å²) < 4.78 is 1.14. The standard InChI is InChI=1S/C12H17BrN2/c1-9-7-15(8-10(2)14-9)12-5-3-11(13)4-6-12/h3-6,9-10,14H,7-8H2,1-2H3. The van der Waals surface area contributed by atoms with E-state index in [1.54, 1.807) is 0 Å². The van der Waals surface area contributed by atoms with Crippen molar-refractivity contribution in [2.75, 3.05) is 18.0 Å². The molecule has 1 saturated heterocycles. The highest BCUT2D eigenvalue weighted by molar-refractivity contribution is 9.10. The fourth-order valence-corrected chi connectivity index (χ4v) is 2.45. The van der Waals surface area contributed by atoms with Gasteiger partial charge in [0.05, 0.1) is 0 Å². The summed E-state index contributed by atoms with van der Waals surface area (Å²) >= 11 is 3.46. The lowest BCUT2D eigenvalue weighted by atomic mass is 10.1. The zero-order valence-electron chi connectivity index (χ0n) is 9.20. The molecule has 0 bridgehead atoms.